The van der Waals surface area contributed by atoms with Gasteiger partial charge in [-0.05, 0) is 44.1 Å². The van der Waals surface area contributed by atoms with E-state index in [4.69, 9.17) is 15.7 Å². The maximum atomic E-state index is 11.7. The maximum absolute atomic E-state index is 11.7. The third-order valence-corrected chi connectivity index (χ3v) is 4.19. The first-order valence-corrected chi connectivity index (χ1v) is 10.1. The first-order valence-electron chi connectivity index (χ1n) is 10.1. The van der Waals surface area contributed by atoms with E-state index >= 15 is 0 Å². The Labute approximate surface area is 175 Å². The van der Waals surface area contributed by atoms with Gasteiger partial charge in [0.2, 0.25) is 5.91 Å². The Hall–Kier alpha value is -3.01. The average Bonchev–Trinajstić information content (AvgIpc) is 2.69. The molecule has 0 saturated heterocycles. The third kappa shape index (κ3) is 17.1. The van der Waals surface area contributed by atoms with Gasteiger partial charge in [-0.2, -0.15) is 0 Å². The molecular formula is C18H32N6O6. The van der Waals surface area contributed by atoms with Crippen molar-refractivity contribution in [2.24, 2.45) is 5.11 Å². The molecule has 30 heavy (non-hydrogen) atoms. The van der Waals surface area contributed by atoms with Gasteiger partial charge in [0.25, 0.3) is 0 Å². The highest BCUT2D eigenvalue weighted by atomic mass is 16.4. The van der Waals surface area contributed by atoms with Gasteiger partial charge in [0.1, 0.15) is 6.04 Å². The van der Waals surface area contributed by atoms with Gasteiger partial charge in [0, 0.05) is 37.4 Å². The van der Waals surface area contributed by atoms with Gasteiger partial charge in [0.05, 0.1) is 0 Å². The highest BCUT2D eigenvalue weighted by Crippen LogP contribution is 2.03. The smallest absolute Gasteiger partial charge is 0.326 e. The summed E-state index contributed by atoms with van der Waals surface area (Å²) < 4.78 is 0. The first-order chi connectivity index (χ1) is 14.4. The van der Waals surface area contributed by atoms with Crippen LogP contribution in [0.5, 0.6) is 0 Å². The molecule has 0 aromatic heterocycles. The molecule has 0 aromatic carbocycles. The Morgan fingerprint density at radius 3 is 2.13 bits per heavy atom. The van der Waals surface area contributed by atoms with Crippen molar-refractivity contribution in [2.75, 3.05) is 19.6 Å². The van der Waals surface area contributed by atoms with Crippen LogP contribution in [0, 0.1) is 0 Å². The Morgan fingerprint density at radius 2 is 1.50 bits per heavy atom. The molecule has 5 N–H and O–H groups in total. The number of aliphatic carboxylic acids is 2. The summed E-state index contributed by atoms with van der Waals surface area (Å²) in [5.74, 6) is -2.41. The lowest BCUT2D eigenvalue weighted by atomic mass is 10.1. The zero-order valence-corrected chi connectivity index (χ0v) is 17.1. The van der Waals surface area contributed by atoms with Crippen LogP contribution < -0.4 is 16.0 Å². The third-order valence-electron chi connectivity index (χ3n) is 4.19. The fourth-order valence-corrected chi connectivity index (χ4v) is 2.55. The average molecular weight is 428 g/mol. The molecule has 0 heterocycles. The second-order valence-corrected chi connectivity index (χ2v) is 6.75. The standard InChI is InChI=1S/C18H32N6O6/c19-24-22-13-7-2-1-4-8-15(25)20-11-5-3-6-12-21-18(30)23-14(17(28)29)9-10-16(26)27/h14H,1-13H2,(H,20,25)(H,26,27)(H,28,29)(H2,21,23,30)/t14-/m0/s1. The van der Waals surface area contributed by atoms with E-state index in [0.29, 0.717) is 32.5 Å². The number of rotatable bonds is 18. The normalized spacial score (nSPS) is 11.1. The minimum absolute atomic E-state index is 0.00335. The first kappa shape index (κ1) is 27.0. The van der Waals surface area contributed by atoms with Crippen LogP contribution in [0.3, 0.4) is 0 Å². The van der Waals surface area contributed by atoms with Crippen molar-refractivity contribution in [1.29, 1.82) is 0 Å². The monoisotopic (exact) mass is 428 g/mol. The van der Waals surface area contributed by atoms with Crippen LogP contribution in [0.1, 0.15) is 64.2 Å². The van der Waals surface area contributed by atoms with E-state index in [0.717, 1.165) is 38.5 Å². The molecule has 170 valence electrons. The van der Waals surface area contributed by atoms with E-state index in [9.17, 15) is 19.2 Å². The van der Waals surface area contributed by atoms with Crippen molar-refractivity contribution in [2.45, 2.75) is 70.3 Å². The minimum atomic E-state index is -1.28. The summed E-state index contributed by atoms with van der Waals surface area (Å²) in [5, 5.41) is 28.6. The van der Waals surface area contributed by atoms with E-state index in [-0.39, 0.29) is 18.7 Å². The highest BCUT2D eigenvalue weighted by molar-refractivity contribution is 5.83. The lowest BCUT2D eigenvalue weighted by molar-refractivity contribution is -0.140. The lowest BCUT2D eigenvalue weighted by Crippen LogP contribution is -2.46. The zero-order valence-electron chi connectivity index (χ0n) is 17.1. The number of carboxylic acid groups (broad SMARTS) is 2. The summed E-state index contributed by atoms with van der Waals surface area (Å²) in [7, 11) is 0. The molecule has 3 amide bonds. The van der Waals surface area contributed by atoms with E-state index in [1.165, 1.54) is 0 Å². The van der Waals surface area contributed by atoms with Gasteiger partial charge in [-0.15, -0.1) is 0 Å². The number of unbranched alkanes of at least 4 members (excludes halogenated alkanes) is 5. The Balaban J connectivity index is 3.63. The molecule has 0 fully saturated rings. The molecule has 12 heteroatoms. The predicted molar refractivity (Wildman–Crippen MR) is 109 cm³/mol. The minimum Gasteiger partial charge on any atom is -0.481 e. The summed E-state index contributed by atoms with van der Waals surface area (Å²) in [4.78, 5) is 47.5. The number of amides is 3. The van der Waals surface area contributed by atoms with Crippen molar-refractivity contribution in [1.82, 2.24) is 16.0 Å². The van der Waals surface area contributed by atoms with Gasteiger partial charge in [-0.3, -0.25) is 9.59 Å². The van der Waals surface area contributed by atoms with Crippen molar-refractivity contribution in [3.63, 3.8) is 0 Å². The molecule has 0 spiro atoms. The fraction of sp³-hybridized carbons (Fsp3) is 0.778. The molecule has 0 aliphatic rings. The van der Waals surface area contributed by atoms with Gasteiger partial charge in [-0.1, -0.05) is 18.0 Å². The quantitative estimate of drug-likeness (QED) is 0.0959. The molecule has 0 aromatic rings. The number of hydrogen-bond acceptors (Lipinski definition) is 5. The van der Waals surface area contributed by atoms with Crippen LogP contribution >= 0.6 is 0 Å². The van der Waals surface area contributed by atoms with Gasteiger partial charge in [-0.25, -0.2) is 9.59 Å². The molecule has 0 radical (unpaired) electrons. The molecule has 12 nitrogen and oxygen atoms in total. The number of urea groups is 1. The van der Waals surface area contributed by atoms with Crippen molar-refractivity contribution >= 4 is 23.9 Å². The molecule has 0 unspecified atom stereocenters. The summed E-state index contributed by atoms with van der Waals surface area (Å²) >= 11 is 0. The van der Waals surface area contributed by atoms with Crippen LogP contribution in [-0.4, -0.2) is 59.8 Å². The van der Waals surface area contributed by atoms with Crippen molar-refractivity contribution < 1.29 is 29.4 Å². The zero-order chi connectivity index (χ0) is 22.6. The van der Waals surface area contributed by atoms with E-state index in [1.54, 1.807) is 0 Å². The highest BCUT2D eigenvalue weighted by Gasteiger charge is 2.20. The van der Waals surface area contributed by atoms with Crippen LogP contribution in [0.2, 0.25) is 0 Å². The molecule has 1 atom stereocenters. The molecule has 0 aliphatic carbocycles. The molecule has 0 aliphatic heterocycles. The topological polar surface area (TPSA) is 194 Å². The van der Waals surface area contributed by atoms with Crippen LogP contribution in [0.25, 0.3) is 10.4 Å². The Kier molecular flexibility index (Phi) is 16.2. The van der Waals surface area contributed by atoms with Gasteiger partial charge < -0.3 is 26.2 Å². The second kappa shape index (κ2) is 18.0. The molecular weight excluding hydrogens is 396 g/mol. The van der Waals surface area contributed by atoms with E-state index in [1.807, 2.05) is 0 Å². The number of nitrogens with zero attached hydrogens (tertiary/aromatic N) is 3. The Morgan fingerprint density at radius 1 is 0.867 bits per heavy atom. The summed E-state index contributed by atoms with van der Waals surface area (Å²) in [5.41, 5.74) is 8.15. The van der Waals surface area contributed by atoms with Crippen LogP contribution in [0.4, 0.5) is 4.79 Å². The number of carbonyl (C=O) groups is 4. The van der Waals surface area contributed by atoms with Crippen molar-refractivity contribution in [3.05, 3.63) is 10.4 Å². The summed E-state index contributed by atoms with van der Waals surface area (Å²) in [6, 6.07) is -1.90. The number of carbonyl (C=O) groups excluding carboxylic acids is 2. The number of nitrogens with one attached hydrogen (secondary N) is 3. The molecule has 0 bridgehead atoms. The maximum Gasteiger partial charge on any atom is 0.326 e. The Bertz CT molecular complexity index is 594. The summed E-state index contributed by atoms with van der Waals surface area (Å²) in [6.07, 6.45) is 5.62. The SMILES string of the molecule is [N-]=[N+]=NCCCCCCC(=O)NCCCCCNC(=O)N[C@@H](CCC(=O)O)C(=O)O. The second-order valence-electron chi connectivity index (χ2n) is 6.75. The summed E-state index contributed by atoms with van der Waals surface area (Å²) in [6.45, 7) is 1.39. The lowest BCUT2D eigenvalue weighted by Gasteiger charge is -2.14. The van der Waals surface area contributed by atoms with Gasteiger partial charge >= 0.3 is 18.0 Å². The van der Waals surface area contributed by atoms with Crippen LogP contribution in [0.15, 0.2) is 5.11 Å². The van der Waals surface area contributed by atoms with Crippen LogP contribution in [-0.2, 0) is 14.4 Å². The molecule has 0 saturated carbocycles. The number of azide groups is 1. The number of hydrogen-bond donors (Lipinski definition) is 5. The van der Waals surface area contributed by atoms with Gasteiger partial charge in [0.15, 0.2) is 0 Å². The predicted octanol–water partition coefficient (Wildman–Crippen LogP) is 2.15. The van der Waals surface area contributed by atoms with E-state index < -0.39 is 24.0 Å². The van der Waals surface area contributed by atoms with Crippen molar-refractivity contribution in [3.8, 4) is 0 Å². The largest absolute Gasteiger partial charge is 0.481 e. The number of carboxylic acids is 2. The fourth-order valence-electron chi connectivity index (χ4n) is 2.55. The molecule has 0 rings (SSSR count). The van der Waals surface area contributed by atoms with E-state index in [2.05, 4.69) is 26.0 Å².